The van der Waals surface area contributed by atoms with Crippen LogP contribution in [0.2, 0.25) is 0 Å². The lowest BCUT2D eigenvalue weighted by Gasteiger charge is -2.47. The first kappa shape index (κ1) is 16.4. The first-order valence-electron chi connectivity index (χ1n) is 8.68. The first-order chi connectivity index (χ1) is 11.1. The third-order valence-corrected chi connectivity index (χ3v) is 5.29. The third kappa shape index (κ3) is 3.56. The summed E-state index contributed by atoms with van der Waals surface area (Å²) in [5, 5.41) is 0. The highest BCUT2D eigenvalue weighted by Gasteiger charge is 2.42. The van der Waals surface area contributed by atoms with Gasteiger partial charge in [0.05, 0.1) is 5.60 Å². The van der Waals surface area contributed by atoms with Crippen molar-refractivity contribution in [2.45, 2.75) is 44.2 Å². The average Bonchev–Trinajstić information content (AvgIpc) is 2.59. The second-order valence-electron chi connectivity index (χ2n) is 6.79. The van der Waals surface area contributed by atoms with Gasteiger partial charge in [0.2, 0.25) is 0 Å². The highest BCUT2D eigenvalue weighted by molar-refractivity contribution is 5.92. The molecule has 5 nitrogen and oxygen atoms in total. The van der Waals surface area contributed by atoms with Gasteiger partial charge in [-0.25, -0.2) is 0 Å². The molecular weight excluding hydrogens is 290 g/mol. The number of carbonyl (C=O) groups excluding carboxylic acids is 1. The van der Waals surface area contributed by atoms with Gasteiger partial charge in [0.25, 0.3) is 5.91 Å². The zero-order chi connectivity index (χ0) is 16.3. The lowest BCUT2D eigenvalue weighted by atomic mass is 9.82. The number of ether oxygens (including phenoxy) is 1. The SMILES string of the molecule is CCN(C(=O)c1ccccn1)C1CCOC2(CCN(C)CC2)C1. The predicted molar refractivity (Wildman–Crippen MR) is 89.4 cm³/mol. The third-order valence-electron chi connectivity index (χ3n) is 5.29. The van der Waals surface area contributed by atoms with Crippen molar-refractivity contribution in [1.82, 2.24) is 14.8 Å². The van der Waals surface area contributed by atoms with Crippen molar-refractivity contribution in [1.29, 1.82) is 0 Å². The minimum absolute atomic E-state index is 0.0345. The number of nitrogens with zero attached hydrogens (tertiary/aromatic N) is 3. The quantitative estimate of drug-likeness (QED) is 0.857. The van der Waals surface area contributed by atoms with Gasteiger partial charge < -0.3 is 14.5 Å². The zero-order valence-corrected chi connectivity index (χ0v) is 14.2. The van der Waals surface area contributed by atoms with Crippen molar-refractivity contribution in [2.24, 2.45) is 0 Å². The number of piperidine rings is 1. The van der Waals surface area contributed by atoms with E-state index in [4.69, 9.17) is 4.74 Å². The largest absolute Gasteiger partial charge is 0.375 e. The lowest BCUT2D eigenvalue weighted by molar-refractivity contribution is -0.127. The van der Waals surface area contributed by atoms with Gasteiger partial charge in [-0.2, -0.15) is 0 Å². The van der Waals surface area contributed by atoms with E-state index in [-0.39, 0.29) is 17.6 Å². The van der Waals surface area contributed by atoms with E-state index in [1.54, 1.807) is 12.3 Å². The maximum atomic E-state index is 12.8. The van der Waals surface area contributed by atoms with Crippen molar-refractivity contribution in [2.75, 3.05) is 33.3 Å². The van der Waals surface area contributed by atoms with Gasteiger partial charge in [-0.15, -0.1) is 0 Å². The summed E-state index contributed by atoms with van der Waals surface area (Å²) in [6.45, 7) is 5.67. The minimum atomic E-state index is -0.0345. The predicted octanol–water partition coefficient (Wildman–Crippen LogP) is 2.19. The number of pyridine rings is 1. The van der Waals surface area contributed by atoms with Crippen LogP contribution < -0.4 is 0 Å². The van der Waals surface area contributed by atoms with E-state index in [2.05, 4.69) is 23.9 Å². The Morgan fingerprint density at radius 2 is 2.22 bits per heavy atom. The molecule has 0 saturated carbocycles. The van der Waals surface area contributed by atoms with Crippen LogP contribution in [0.25, 0.3) is 0 Å². The molecule has 2 aliphatic heterocycles. The molecule has 3 rings (SSSR count). The Bertz CT molecular complexity index is 526. The van der Waals surface area contributed by atoms with Crippen LogP contribution in [0.3, 0.4) is 0 Å². The van der Waals surface area contributed by atoms with E-state index in [0.29, 0.717) is 5.69 Å². The number of likely N-dealkylation sites (tertiary alicyclic amines) is 1. The summed E-state index contributed by atoms with van der Waals surface area (Å²) in [6.07, 6.45) is 5.69. The van der Waals surface area contributed by atoms with Crippen LogP contribution in [0.1, 0.15) is 43.1 Å². The van der Waals surface area contributed by atoms with Gasteiger partial charge in [-0.1, -0.05) is 6.07 Å². The van der Waals surface area contributed by atoms with Crippen LogP contribution in [-0.2, 0) is 4.74 Å². The maximum absolute atomic E-state index is 12.8. The Morgan fingerprint density at radius 3 is 2.87 bits per heavy atom. The van der Waals surface area contributed by atoms with Gasteiger partial charge in [-0.05, 0) is 51.8 Å². The summed E-state index contributed by atoms with van der Waals surface area (Å²) in [7, 11) is 2.16. The van der Waals surface area contributed by atoms with E-state index < -0.39 is 0 Å². The number of aromatic nitrogens is 1. The topological polar surface area (TPSA) is 45.7 Å². The molecule has 2 saturated heterocycles. The van der Waals surface area contributed by atoms with Crippen LogP contribution in [0.5, 0.6) is 0 Å². The second-order valence-corrected chi connectivity index (χ2v) is 6.79. The maximum Gasteiger partial charge on any atom is 0.272 e. The molecule has 0 bridgehead atoms. The van der Waals surface area contributed by atoms with Crippen LogP contribution in [0, 0.1) is 0 Å². The normalized spacial score (nSPS) is 24.5. The average molecular weight is 317 g/mol. The summed E-state index contributed by atoms with van der Waals surface area (Å²) >= 11 is 0. The molecule has 0 N–H and O–H groups in total. The number of hydrogen-bond donors (Lipinski definition) is 0. The number of hydrogen-bond acceptors (Lipinski definition) is 4. The highest BCUT2D eigenvalue weighted by Crippen LogP contribution is 2.36. The summed E-state index contributed by atoms with van der Waals surface area (Å²) in [4.78, 5) is 21.4. The molecule has 2 aliphatic rings. The Hall–Kier alpha value is -1.46. The standard InChI is InChI=1S/C18H27N3O2/c1-3-21(17(22)16-6-4-5-10-19-16)15-7-13-23-18(14-15)8-11-20(2)12-9-18/h4-6,10,15H,3,7-9,11-14H2,1-2H3. The van der Waals surface area contributed by atoms with E-state index in [9.17, 15) is 4.79 Å². The van der Waals surface area contributed by atoms with E-state index in [1.807, 2.05) is 17.0 Å². The Labute approximate surface area is 138 Å². The van der Waals surface area contributed by atoms with Gasteiger partial charge in [0.15, 0.2) is 0 Å². The molecule has 1 unspecified atom stereocenters. The molecule has 1 aromatic heterocycles. The monoisotopic (exact) mass is 317 g/mol. The van der Waals surface area contributed by atoms with Crippen molar-refractivity contribution in [3.63, 3.8) is 0 Å². The van der Waals surface area contributed by atoms with E-state index in [0.717, 1.165) is 51.9 Å². The molecule has 1 aromatic rings. The number of rotatable bonds is 3. The van der Waals surface area contributed by atoms with Gasteiger partial charge in [0.1, 0.15) is 5.69 Å². The summed E-state index contributed by atoms with van der Waals surface area (Å²) in [5.41, 5.74) is 0.506. The molecule has 1 atom stereocenters. The van der Waals surface area contributed by atoms with Crippen molar-refractivity contribution >= 4 is 5.91 Å². The Kier molecular flexibility index (Phi) is 4.97. The minimum Gasteiger partial charge on any atom is -0.375 e. The van der Waals surface area contributed by atoms with Gasteiger partial charge in [-0.3, -0.25) is 9.78 Å². The van der Waals surface area contributed by atoms with Crippen LogP contribution in [0.15, 0.2) is 24.4 Å². The molecule has 0 aromatic carbocycles. The van der Waals surface area contributed by atoms with Crippen molar-refractivity contribution < 1.29 is 9.53 Å². The molecule has 0 radical (unpaired) electrons. The molecule has 23 heavy (non-hydrogen) atoms. The highest BCUT2D eigenvalue weighted by atomic mass is 16.5. The second kappa shape index (κ2) is 6.97. The van der Waals surface area contributed by atoms with Crippen molar-refractivity contribution in [3.8, 4) is 0 Å². The molecule has 1 amide bonds. The fourth-order valence-corrected chi connectivity index (χ4v) is 3.85. The zero-order valence-electron chi connectivity index (χ0n) is 14.2. The fourth-order valence-electron chi connectivity index (χ4n) is 3.85. The van der Waals surface area contributed by atoms with E-state index >= 15 is 0 Å². The smallest absolute Gasteiger partial charge is 0.272 e. The fraction of sp³-hybridized carbons (Fsp3) is 0.667. The molecule has 1 spiro atoms. The Morgan fingerprint density at radius 1 is 1.43 bits per heavy atom. The van der Waals surface area contributed by atoms with Crippen LogP contribution in [-0.4, -0.2) is 65.6 Å². The van der Waals surface area contributed by atoms with Crippen molar-refractivity contribution in [3.05, 3.63) is 30.1 Å². The summed E-state index contributed by atoms with van der Waals surface area (Å²) in [5.74, 6) is 0.0445. The first-order valence-corrected chi connectivity index (χ1v) is 8.68. The molecule has 3 heterocycles. The molecular formula is C18H27N3O2. The van der Waals surface area contributed by atoms with Crippen LogP contribution in [0.4, 0.5) is 0 Å². The van der Waals surface area contributed by atoms with Gasteiger partial charge >= 0.3 is 0 Å². The van der Waals surface area contributed by atoms with Gasteiger partial charge in [0, 0.05) is 38.5 Å². The number of carbonyl (C=O) groups is 1. The molecule has 126 valence electrons. The lowest BCUT2D eigenvalue weighted by Crippen LogP contribution is -2.54. The number of amides is 1. The molecule has 5 heteroatoms. The Balaban J connectivity index is 1.72. The molecule has 0 aliphatic carbocycles. The molecule has 2 fully saturated rings. The van der Waals surface area contributed by atoms with Crippen LogP contribution >= 0.6 is 0 Å². The van der Waals surface area contributed by atoms with E-state index in [1.165, 1.54) is 0 Å². The summed E-state index contributed by atoms with van der Waals surface area (Å²) < 4.78 is 6.18. The summed E-state index contributed by atoms with van der Waals surface area (Å²) in [6, 6.07) is 5.77.